The van der Waals surface area contributed by atoms with E-state index in [-0.39, 0.29) is 38.3 Å². The van der Waals surface area contributed by atoms with Gasteiger partial charge in [-0.2, -0.15) is 0 Å². The van der Waals surface area contributed by atoms with E-state index in [1.165, 1.54) is 36.4 Å². The summed E-state index contributed by atoms with van der Waals surface area (Å²) in [5.41, 5.74) is 0.928. The molecule has 1 heterocycles. The highest BCUT2D eigenvalue weighted by Crippen LogP contribution is 2.61. The number of sulfone groups is 1. The highest BCUT2D eigenvalue weighted by Gasteiger charge is 2.39. The number of hydrogen-bond donors (Lipinski definition) is 2. The molecule has 0 bridgehead atoms. The van der Waals surface area contributed by atoms with Gasteiger partial charge in [-0.3, -0.25) is 0 Å². The van der Waals surface area contributed by atoms with Gasteiger partial charge in [0.05, 0.1) is 9.80 Å². The van der Waals surface area contributed by atoms with Gasteiger partial charge in [0.2, 0.25) is 0 Å². The molecule has 0 saturated carbocycles. The second kappa shape index (κ2) is 7.97. The summed E-state index contributed by atoms with van der Waals surface area (Å²) in [6.45, 7) is 0.0405. The molecule has 4 rings (SSSR count). The zero-order chi connectivity index (χ0) is 22.2. The predicted octanol–water partition coefficient (Wildman–Crippen LogP) is 4.36. The van der Waals surface area contributed by atoms with Crippen molar-refractivity contribution >= 4 is 26.1 Å². The number of fused-ring (bicyclic) bond motifs is 1. The zero-order valence-electron chi connectivity index (χ0n) is 16.1. The highest BCUT2D eigenvalue weighted by atomic mass is 32.3. The summed E-state index contributed by atoms with van der Waals surface area (Å²) in [5, 5.41) is 7.87. The van der Waals surface area contributed by atoms with E-state index < -0.39 is 31.4 Å². The smallest absolute Gasteiger partial charge is 0.316 e. The topological polar surface area (TPSA) is 127 Å². The molecule has 0 saturated heterocycles. The quantitative estimate of drug-likeness (QED) is 0.522. The molecule has 2 unspecified atom stereocenters. The fourth-order valence-corrected chi connectivity index (χ4v) is 7.89. The van der Waals surface area contributed by atoms with Crippen LogP contribution < -0.4 is 4.74 Å². The van der Waals surface area contributed by atoms with Crippen LogP contribution in [0.1, 0.15) is 16.4 Å². The number of ether oxygens (including phenoxy) is 1. The lowest BCUT2D eigenvalue weighted by Gasteiger charge is -2.42. The van der Waals surface area contributed by atoms with Crippen molar-refractivity contribution < 1.29 is 32.4 Å². The van der Waals surface area contributed by atoms with Gasteiger partial charge in [0.1, 0.15) is 17.6 Å². The Bertz CT molecular complexity index is 1240. The van der Waals surface area contributed by atoms with Gasteiger partial charge in [0, 0.05) is 28.8 Å². The first-order valence-corrected chi connectivity index (χ1v) is 12.5. The molecule has 0 aromatic heterocycles. The largest absolute Gasteiger partial charge is 0.764 e. The van der Waals surface area contributed by atoms with Crippen LogP contribution in [0.15, 0.2) is 82.6 Å². The lowest BCUT2D eigenvalue weighted by Crippen LogP contribution is -2.15. The minimum Gasteiger partial charge on any atom is -0.764 e. The van der Waals surface area contributed by atoms with E-state index >= 15 is 0 Å². The average Bonchev–Trinajstić information content (AvgIpc) is 3.04. The fraction of sp³-hybridized carbons (Fsp3) is 0.143. The summed E-state index contributed by atoms with van der Waals surface area (Å²) >= 11 is 0. The van der Waals surface area contributed by atoms with Crippen molar-refractivity contribution in [1.29, 1.82) is 0 Å². The Morgan fingerprint density at radius 3 is 2.52 bits per heavy atom. The molecule has 0 fully saturated rings. The maximum absolute atomic E-state index is 13.0. The molecule has 8 nitrogen and oxygen atoms in total. The highest BCUT2D eigenvalue weighted by molar-refractivity contribution is 8.25. The van der Waals surface area contributed by atoms with Crippen LogP contribution in [-0.2, 0) is 16.4 Å². The Kier molecular flexibility index (Phi) is 5.48. The summed E-state index contributed by atoms with van der Waals surface area (Å²) in [4.78, 5) is 10.9. The third-order valence-electron chi connectivity index (χ3n) is 5.04. The van der Waals surface area contributed by atoms with Gasteiger partial charge in [0.25, 0.3) is 4.92 Å². The lowest BCUT2D eigenvalue weighted by atomic mass is 10.1. The molecule has 162 valence electrons. The van der Waals surface area contributed by atoms with Crippen LogP contribution in [0.2, 0.25) is 0 Å². The van der Waals surface area contributed by atoms with Gasteiger partial charge in [-0.25, -0.2) is 13.6 Å². The Hall–Kier alpha value is -2.92. The van der Waals surface area contributed by atoms with Crippen molar-refractivity contribution in [3.05, 3.63) is 88.8 Å². The van der Waals surface area contributed by atoms with E-state index in [4.69, 9.17) is 9.94 Å². The molecule has 3 aromatic carbocycles. The summed E-state index contributed by atoms with van der Waals surface area (Å²) < 4.78 is 55.0. The Morgan fingerprint density at radius 2 is 1.81 bits per heavy atom. The van der Waals surface area contributed by atoms with E-state index in [2.05, 4.69) is 0 Å². The summed E-state index contributed by atoms with van der Waals surface area (Å²) in [6, 6.07) is 18.4. The van der Waals surface area contributed by atoms with Crippen LogP contribution in [0.25, 0.3) is 0 Å². The van der Waals surface area contributed by atoms with E-state index in [0.717, 1.165) is 0 Å². The number of benzene rings is 3. The van der Waals surface area contributed by atoms with Gasteiger partial charge in [0.15, 0.2) is 9.84 Å². The maximum atomic E-state index is 13.0. The van der Waals surface area contributed by atoms with Crippen LogP contribution in [0, 0.1) is 4.91 Å². The van der Waals surface area contributed by atoms with Crippen LogP contribution in [0.3, 0.4) is 0 Å². The normalized spacial score (nSPS) is 22.3. The SMILES string of the molecule is O=[N+](O)c1cccc(COc2ccc3c(c2)S([O-])(O)CC3S(=O)(=O)c2ccccc2)c1. The molecule has 0 radical (unpaired) electrons. The zero-order valence-corrected chi connectivity index (χ0v) is 17.8. The van der Waals surface area contributed by atoms with Gasteiger partial charge in [-0.05, 0) is 29.3 Å². The molecule has 10 heteroatoms. The van der Waals surface area contributed by atoms with Crippen LogP contribution >= 0.6 is 10.6 Å². The van der Waals surface area contributed by atoms with E-state index in [0.29, 0.717) is 5.56 Å². The van der Waals surface area contributed by atoms with Crippen molar-refractivity contribution in [2.45, 2.75) is 21.6 Å². The van der Waals surface area contributed by atoms with Crippen LogP contribution in [0.5, 0.6) is 5.75 Å². The summed E-state index contributed by atoms with van der Waals surface area (Å²) in [6.07, 6.45) is 0. The van der Waals surface area contributed by atoms with Gasteiger partial charge in [-0.15, -0.1) is 0 Å². The maximum Gasteiger partial charge on any atom is 0.316 e. The first-order valence-electron chi connectivity index (χ1n) is 9.23. The average molecular weight is 462 g/mol. The summed E-state index contributed by atoms with van der Waals surface area (Å²) in [5.74, 6) is -0.132. The van der Waals surface area contributed by atoms with E-state index in [1.807, 2.05) is 0 Å². The standard InChI is InChI=1S/C21H19NO7S2/c23-22(24)16-6-4-5-15(11-16)13-29-17-9-10-19-20(12-17)30(25,26)14-21(19)31(27,28)18-7-2-1-3-8-18/h1-12,21H,13-14H2,(H2-,23,24,25,26). The van der Waals surface area contributed by atoms with Crippen molar-refractivity contribution in [2.75, 3.05) is 5.75 Å². The first-order chi connectivity index (χ1) is 14.7. The minimum atomic E-state index is -3.84. The fourth-order valence-electron chi connectivity index (χ4n) is 3.49. The lowest BCUT2D eigenvalue weighted by molar-refractivity contribution is -0.729. The third-order valence-corrected chi connectivity index (χ3v) is 9.17. The Morgan fingerprint density at radius 1 is 1.06 bits per heavy atom. The second-order valence-electron chi connectivity index (χ2n) is 7.08. The van der Waals surface area contributed by atoms with Crippen molar-refractivity contribution in [3.8, 4) is 5.75 Å². The molecule has 0 spiro atoms. The van der Waals surface area contributed by atoms with Gasteiger partial charge < -0.3 is 24.4 Å². The number of nitrogens with zero attached hydrogens (tertiary/aromatic N) is 1. The van der Waals surface area contributed by atoms with Crippen molar-refractivity contribution in [1.82, 2.24) is 0 Å². The molecule has 3 aromatic rings. The molecule has 2 N–H and O–H groups in total. The molecule has 0 aliphatic carbocycles. The minimum absolute atomic E-state index is 0.0405. The monoisotopic (exact) mass is 461 g/mol. The number of hydrogen-bond acceptors (Lipinski definition) is 6. The molecular weight excluding hydrogens is 442 g/mol. The molecule has 31 heavy (non-hydrogen) atoms. The Labute approximate surface area is 180 Å². The molecule has 1 aliphatic heterocycles. The third kappa shape index (κ3) is 4.15. The van der Waals surface area contributed by atoms with Crippen molar-refractivity contribution in [3.63, 3.8) is 0 Å². The Balaban J connectivity index is 1.61. The van der Waals surface area contributed by atoms with Crippen LogP contribution in [-0.4, -0.2) is 33.4 Å². The van der Waals surface area contributed by atoms with E-state index in [9.17, 15) is 22.4 Å². The summed E-state index contributed by atoms with van der Waals surface area (Å²) in [7, 11) is -7.40. The predicted molar refractivity (Wildman–Crippen MR) is 113 cm³/mol. The molecule has 2 atom stereocenters. The molecule has 0 amide bonds. The van der Waals surface area contributed by atoms with Gasteiger partial charge >= 0.3 is 5.69 Å². The van der Waals surface area contributed by atoms with Gasteiger partial charge in [-0.1, -0.05) is 36.4 Å². The number of rotatable bonds is 6. The molecular formula is C21H19NO7S2. The second-order valence-corrected chi connectivity index (χ2v) is 11.3. The molecule has 1 aliphatic rings. The van der Waals surface area contributed by atoms with E-state index in [1.54, 1.807) is 36.4 Å². The first kappa shape index (κ1) is 21.3. The van der Waals surface area contributed by atoms with Crippen LogP contribution in [0.4, 0.5) is 5.69 Å². The van der Waals surface area contributed by atoms with Crippen molar-refractivity contribution in [2.24, 2.45) is 0 Å².